The number of hydrogen-bond donors (Lipinski definition) is 2. The number of likely N-dealkylation sites (N-methyl/N-ethyl adjacent to an activating group) is 1. The zero-order valence-corrected chi connectivity index (χ0v) is 20.2. The van der Waals surface area contributed by atoms with Crippen LogP contribution in [0.15, 0.2) is 27.8 Å². The molecule has 0 unspecified atom stereocenters. The monoisotopic (exact) mass is 519 g/mol. The van der Waals surface area contributed by atoms with Crippen molar-refractivity contribution >= 4 is 41.8 Å². The summed E-state index contributed by atoms with van der Waals surface area (Å²) in [5.41, 5.74) is -0.404. The van der Waals surface area contributed by atoms with Crippen molar-refractivity contribution in [3.63, 3.8) is 0 Å². The first kappa shape index (κ1) is 25.3. The fourth-order valence-electron chi connectivity index (χ4n) is 3.47. The number of carbonyl (C=O) groups excluding carboxylic acids is 2. The molecule has 1 fully saturated rings. The van der Waals surface area contributed by atoms with Crippen molar-refractivity contribution in [1.29, 1.82) is 0 Å². The molecule has 1 saturated carbocycles. The fraction of sp³-hybridized carbons (Fsp3) is 0.650. The highest BCUT2D eigenvalue weighted by Crippen LogP contribution is 2.38. The minimum atomic E-state index is -0.404. The molecule has 1 aliphatic carbocycles. The molecule has 0 aliphatic heterocycles. The second-order valence-electron chi connectivity index (χ2n) is 7.75. The van der Waals surface area contributed by atoms with Crippen molar-refractivity contribution in [3.8, 4) is 0 Å². The topological polar surface area (TPSA) is 90.2 Å². The summed E-state index contributed by atoms with van der Waals surface area (Å²) in [6.45, 7) is 1.18. The van der Waals surface area contributed by atoms with Crippen LogP contribution < -0.4 is 10.6 Å². The number of furan rings is 1. The van der Waals surface area contributed by atoms with Crippen LogP contribution >= 0.6 is 24.0 Å². The summed E-state index contributed by atoms with van der Waals surface area (Å²) >= 11 is 0. The number of guanidine groups is 1. The van der Waals surface area contributed by atoms with E-state index in [2.05, 4.69) is 15.6 Å². The van der Waals surface area contributed by atoms with E-state index >= 15 is 0 Å². The second kappa shape index (κ2) is 12.0. The number of carbonyl (C=O) groups is 2. The highest BCUT2D eigenvalue weighted by molar-refractivity contribution is 14.0. The third-order valence-electron chi connectivity index (χ3n) is 5.13. The first-order valence-electron chi connectivity index (χ1n) is 9.80. The molecule has 0 atom stereocenters. The highest BCUT2D eigenvalue weighted by atomic mass is 127. The largest absolute Gasteiger partial charge is 0.469 e. The van der Waals surface area contributed by atoms with Crippen LogP contribution in [0.5, 0.6) is 0 Å². The van der Waals surface area contributed by atoms with Gasteiger partial charge in [0, 0.05) is 47.7 Å². The SMILES string of the molecule is CN(C)C(=O)CN=C(NCCc1ccco1)NCC1(C(=O)N(C)C)CCCC1.I. The van der Waals surface area contributed by atoms with E-state index in [0.29, 0.717) is 25.5 Å². The highest BCUT2D eigenvalue weighted by Gasteiger charge is 2.42. The van der Waals surface area contributed by atoms with Crippen molar-refractivity contribution < 1.29 is 14.0 Å². The molecule has 0 spiro atoms. The Kier molecular flexibility index (Phi) is 10.5. The summed E-state index contributed by atoms with van der Waals surface area (Å²) in [5, 5.41) is 6.55. The lowest BCUT2D eigenvalue weighted by Gasteiger charge is -2.31. The Hall–Kier alpha value is -1.78. The van der Waals surface area contributed by atoms with Gasteiger partial charge < -0.3 is 24.9 Å². The summed E-state index contributed by atoms with van der Waals surface area (Å²) in [7, 11) is 7.01. The van der Waals surface area contributed by atoms with E-state index in [1.807, 2.05) is 12.1 Å². The van der Waals surface area contributed by atoms with Gasteiger partial charge in [-0.2, -0.15) is 0 Å². The molecule has 1 aromatic rings. The average molecular weight is 519 g/mol. The van der Waals surface area contributed by atoms with Gasteiger partial charge in [0.2, 0.25) is 11.8 Å². The van der Waals surface area contributed by atoms with Crippen LogP contribution in [0.3, 0.4) is 0 Å². The number of amides is 2. The van der Waals surface area contributed by atoms with Crippen LogP contribution in [0.4, 0.5) is 0 Å². The number of aliphatic imine (C=N–C) groups is 1. The molecule has 1 aromatic heterocycles. The van der Waals surface area contributed by atoms with Gasteiger partial charge >= 0.3 is 0 Å². The van der Waals surface area contributed by atoms with Crippen LogP contribution in [0.1, 0.15) is 31.4 Å². The van der Waals surface area contributed by atoms with E-state index in [0.717, 1.165) is 31.4 Å². The van der Waals surface area contributed by atoms with Crippen molar-refractivity contribution in [3.05, 3.63) is 24.2 Å². The molecule has 0 saturated heterocycles. The molecule has 164 valence electrons. The second-order valence-corrected chi connectivity index (χ2v) is 7.75. The lowest BCUT2D eigenvalue weighted by atomic mass is 9.84. The Morgan fingerprint density at radius 3 is 2.38 bits per heavy atom. The molecule has 8 nitrogen and oxygen atoms in total. The maximum Gasteiger partial charge on any atom is 0.243 e. The van der Waals surface area contributed by atoms with Crippen molar-refractivity contribution in [1.82, 2.24) is 20.4 Å². The zero-order valence-electron chi connectivity index (χ0n) is 17.9. The molecule has 0 bridgehead atoms. The normalized spacial score (nSPS) is 15.4. The van der Waals surface area contributed by atoms with Crippen molar-refractivity contribution in [2.24, 2.45) is 10.4 Å². The van der Waals surface area contributed by atoms with Crippen LogP contribution in [0, 0.1) is 5.41 Å². The number of nitrogens with zero attached hydrogens (tertiary/aromatic N) is 3. The molecule has 2 rings (SSSR count). The maximum absolute atomic E-state index is 12.8. The Balaban J connectivity index is 0.00000420. The first-order chi connectivity index (χ1) is 13.3. The van der Waals surface area contributed by atoms with Crippen LogP contribution in [-0.4, -0.2) is 75.4 Å². The third kappa shape index (κ3) is 7.52. The molecular formula is C20H34IN5O3. The Morgan fingerprint density at radius 1 is 1.14 bits per heavy atom. The minimum Gasteiger partial charge on any atom is -0.469 e. The molecule has 9 heteroatoms. The predicted molar refractivity (Wildman–Crippen MR) is 124 cm³/mol. The number of hydrogen-bond acceptors (Lipinski definition) is 4. The van der Waals surface area contributed by atoms with Gasteiger partial charge in [0.15, 0.2) is 5.96 Å². The Labute approximate surface area is 190 Å². The fourth-order valence-corrected chi connectivity index (χ4v) is 3.47. The third-order valence-corrected chi connectivity index (χ3v) is 5.13. The number of nitrogens with one attached hydrogen (secondary N) is 2. The molecule has 2 N–H and O–H groups in total. The Bertz CT molecular complexity index is 668. The smallest absolute Gasteiger partial charge is 0.243 e. The molecule has 1 aliphatic rings. The summed E-state index contributed by atoms with van der Waals surface area (Å²) in [6, 6.07) is 3.78. The van der Waals surface area contributed by atoms with E-state index in [-0.39, 0.29) is 42.3 Å². The summed E-state index contributed by atoms with van der Waals surface area (Å²) in [6.07, 6.45) is 6.20. The van der Waals surface area contributed by atoms with Gasteiger partial charge in [-0.25, -0.2) is 4.99 Å². The molecule has 1 heterocycles. The van der Waals surface area contributed by atoms with Gasteiger partial charge in [-0.15, -0.1) is 24.0 Å². The summed E-state index contributed by atoms with van der Waals surface area (Å²) < 4.78 is 5.35. The molecular weight excluding hydrogens is 485 g/mol. The minimum absolute atomic E-state index is 0. The molecule has 0 radical (unpaired) electrons. The standard InChI is InChI=1S/C20H33N5O3.HI/c1-24(2)17(26)14-22-19(21-12-9-16-8-7-13-28-16)23-15-20(10-5-6-11-20)18(27)25(3)4;/h7-8,13H,5-6,9-12,14-15H2,1-4H3,(H2,21,22,23);1H. The maximum atomic E-state index is 12.8. The average Bonchev–Trinajstić information content (AvgIpc) is 3.34. The van der Waals surface area contributed by atoms with Gasteiger partial charge in [0.25, 0.3) is 0 Å². The van der Waals surface area contributed by atoms with E-state index in [1.54, 1.807) is 39.4 Å². The first-order valence-corrected chi connectivity index (χ1v) is 9.80. The van der Waals surface area contributed by atoms with E-state index < -0.39 is 5.41 Å². The van der Waals surface area contributed by atoms with Crippen molar-refractivity contribution in [2.45, 2.75) is 32.1 Å². The van der Waals surface area contributed by atoms with Gasteiger partial charge in [-0.1, -0.05) is 12.8 Å². The number of halogens is 1. The summed E-state index contributed by atoms with van der Waals surface area (Å²) in [5.74, 6) is 1.50. The molecule has 0 aromatic carbocycles. The lowest BCUT2D eigenvalue weighted by molar-refractivity contribution is -0.138. The Morgan fingerprint density at radius 2 is 1.83 bits per heavy atom. The quantitative estimate of drug-likeness (QED) is 0.310. The van der Waals surface area contributed by atoms with E-state index in [4.69, 9.17) is 4.42 Å². The summed E-state index contributed by atoms with van der Waals surface area (Å²) in [4.78, 5) is 32.3. The van der Waals surface area contributed by atoms with E-state index in [9.17, 15) is 9.59 Å². The van der Waals surface area contributed by atoms with Crippen LogP contribution in [-0.2, 0) is 16.0 Å². The van der Waals surface area contributed by atoms with Gasteiger partial charge in [-0.3, -0.25) is 9.59 Å². The van der Waals surface area contributed by atoms with Crippen molar-refractivity contribution in [2.75, 3.05) is 47.8 Å². The van der Waals surface area contributed by atoms with Crippen LogP contribution in [0.25, 0.3) is 0 Å². The van der Waals surface area contributed by atoms with Gasteiger partial charge in [0.1, 0.15) is 12.3 Å². The van der Waals surface area contributed by atoms with Gasteiger partial charge in [-0.05, 0) is 25.0 Å². The van der Waals surface area contributed by atoms with E-state index in [1.165, 1.54) is 4.90 Å². The van der Waals surface area contributed by atoms with Gasteiger partial charge in [0.05, 0.1) is 11.7 Å². The molecule has 2 amide bonds. The number of rotatable bonds is 8. The molecule has 29 heavy (non-hydrogen) atoms. The van der Waals surface area contributed by atoms with Crippen LogP contribution in [0.2, 0.25) is 0 Å². The lowest BCUT2D eigenvalue weighted by Crippen LogP contribution is -2.49. The predicted octanol–water partition coefficient (Wildman–Crippen LogP) is 1.71. The zero-order chi connectivity index (χ0) is 20.6.